The number of nitrogens with two attached hydrogens (primary N) is 1. The molecule has 0 aromatic carbocycles. The van der Waals surface area contributed by atoms with Gasteiger partial charge in [0, 0.05) is 12.7 Å². The van der Waals surface area contributed by atoms with Crippen LogP contribution in [0, 0.1) is 0 Å². The van der Waals surface area contributed by atoms with Crippen molar-refractivity contribution >= 4 is 5.96 Å². The summed E-state index contributed by atoms with van der Waals surface area (Å²) < 4.78 is 0. The fourth-order valence-corrected chi connectivity index (χ4v) is 0.483. The highest BCUT2D eigenvalue weighted by Gasteiger charge is 1.83. The molecule has 3 N–H and O–H groups in total. The molecule has 0 aliphatic rings. The van der Waals surface area contributed by atoms with Crippen LogP contribution in [0.25, 0.3) is 0 Å². The summed E-state index contributed by atoms with van der Waals surface area (Å²) in [5, 5.41) is 2.93. The monoisotopic (exact) mass is 153 g/mol. The van der Waals surface area contributed by atoms with Crippen LogP contribution in [0.5, 0.6) is 0 Å². The molecule has 0 heterocycles. The third kappa shape index (κ3) is 6.64. The van der Waals surface area contributed by atoms with Crippen molar-refractivity contribution in [1.82, 2.24) is 5.32 Å². The van der Waals surface area contributed by atoms with Gasteiger partial charge in [0.2, 0.25) is 0 Å². The van der Waals surface area contributed by atoms with Gasteiger partial charge in [-0.15, -0.1) is 0 Å². The van der Waals surface area contributed by atoms with Crippen LogP contribution in [0.1, 0.15) is 13.3 Å². The Hall–Kier alpha value is -1.25. The molecule has 0 unspecified atom stereocenters. The third-order valence-electron chi connectivity index (χ3n) is 0.992. The van der Waals surface area contributed by atoms with Crippen LogP contribution in [-0.4, -0.2) is 12.5 Å². The van der Waals surface area contributed by atoms with Crippen molar-refractivity contribution in [3.8, 4) is 0 Å². The fraction of sp³-hybridized carbons (Fsp3) is 0.375. The topological polar surface area (TPSA) is 50.4 Å². The zero-order valence-electron chi connectivity index (χ0n) is 6.88. The van der Waals surface area contributed by atoms with Gasteiger partial charge in [0.15, 0.2) is 5.96 Å². The van der Waals surface area contributed by atoms with E-state index in [4.69, 9.17) is 5.73 Å². The van der Waals surface area contributed by atoms with Crippen LogP contribution < -0.4 is 11.1 Å². The van der Waals surface area contributed by atoms with Gasteiger partial charge in [-0.3, -0.25) is 0 Å². The highest BCUT2D eigenvalue weighted by atomic mass is 15.1. The van der Waals surface area contributed by atoms with Crippen molar-refractivity contribution in [3.63, 3.8) is 0 Å². The lowest BCUT2D eigenvalue weighted by Gasteiger charge is -1.99. The zero-order valence-corrected chi connectivity index (χ0v) is 6.88. The maximum Gasteiger partial charge on any atom is 0.193 e. The summed E-state index contributed by atoms with van der Waals surface area (Å²) in [5.41, 5.74) is 5.45. The first-order valence-electron chi connectivity index (χ1n) is 3.66. The van der Waals surface area contributed by atoms with Crippen molar-refractivity contribution in [2.24, 2.45) is 10.7 Å². The molecule has 62 valence electrons. The van der Waals surface area contributed by atoms with Crippen molar-refractivity contribution in [2.45, 2.75) is 13.3 Å². The second kappa shape index (κ2) is 6.86. The Morgan fingerprint density at radius 3 is 3.00 bits per heavy atom. The molecule has 0 spiro atoms. The molecule has 0 aliphatic heterocycles. The number of aliphatic imine (C=N–C) groups is 1. The van der Waals surface area contributed by atoms with Gasteiger partial charge in [0.1, 0.15) is 0 Å². The van der Waals surface area contributed by atoms with Gasteiger partial charge in [-0.2, -0.15) is 0 Å². The number of hydrogen-bond acceptors (Lipinski definition) is 1. The van der Waals surface area contributed by atoms with E-state index in [1.54, 1.807) is 18.4 Å². The highest BCUT2D eigenvalue weighted by molar-refractivity contribution is 5.78. The molecule has 0 atom stereocenters. The standard InChI is InChI=1S/C8H15N3/c1-3-5-7-11-8(9)10-6-4-2/h3,5,7H,1,4,6H2,2H3,(H3,9,10,11)/b7-5-. The summed E-state index contributed by atoms with van der Waals surface area (Å²) in [5.74, 6) is 0.449. The van der Waals surface area contributed by atoms with Crippen LogP contribution in [0.3, 0.4) is 0 Å². The van der Waals surface area contributed by atoms with Gasteiger partial charge in [-0.25, -0.2) is 4.99 Å². The minimum absolute atomic E-state index is 0.449. The smallest absolute Gasteiger partial charge is 0.193 e. The Kier molecular flexibility index (Phi) is 6.08. The Labute approximate surface area is 67.7 Å². The molecule has 0 fully saturated rings. The van der Waals surface area contributed by atoms with E-state index in [0.29, 0.717) is 5.96 Å². The van der Waals surface area contributed by atoms with Crippen molar-refractivity contribution in [3.05, 3.63) is 24.9 Å². The first-order valence-corrected chi connectivity index (χ1v) is 3.66. The molecule has 0 radical (unpaired) electrons. The molecule has 0 aromatic rings. The number of guanidine groups is 1. The zero-order chi connectivity index (χ0) is 8.53. The molecular weight excluding hydrogens is 138 g/mol. The molecule has 0 saturated carbocycles. The molecule has 0 saturated heterocycles. The lowest BCUT2D eigenvalue weighted by atomic mass is 10.5. The minimum atomic E-state index is 0.449. The van der Waals surface area contributed by atoms with Gasteiger partial charge in [0.05, 0.1) is 0 Å². The number of nitrogens with one attached hydrogen (secondary N) is 1. The predicted octanol–water partition coefficient (Wildman–Crippen LogP) is 1.00. The number of nitrogens with zero attached hydrogens (tertiary/aromatic N) is 1. The van der Waals surface area contributed by atoms with E-state index in [9.17, 15) is 0 Å². The molecule has 11 heavy (non-hydrogen) atoms. The molecule has 3 nitrogen and oxygen atoms in total. The Balaban J connectivity index is 3.61. The average molecular weight is 153 g/mol. The summed E-state index contributed by atoms with van der Waals surface area (Å²) in [6.45, 7) is 6.43. The molecule has 0 rings (SSSR count). The highest BCUT2D eigenvalue weighted by Crippen LogP contribution is 1.75. The molecule has 0 bridgehead atoms. The van der Waals surface area contributed by atoms with Gasteiger partial charge < -0.3 is 11.1 Å². The maximum absolute atomic E-state index is 5.45. The van der Waals surface area contributed by atoms with Crippen LogP contribution in [0.15, 0.2) is 29.9 Å². The van der Waals surface area contributed by atoms with E-state index in [-0.39, 0.29) is 0 Å². The molecule has 3 heteroatoms. The van der Waals surface area contributed by atoms with Crippen molar-refractivity contribution in [1.29, 1.82) is 0 Å². The van der Waals surface area contributed by atoms with Gasteiger partial charge >= 0.3 is 0 Å². The fourth-order valence-electron chi connectivity index (χ4n) is 0.483. The van der Waals surface area contributed by atoms with E-state index in [1.807, 2.05) is 0 Å². The average Bonchev–Trinajstić information content (AvgIpc) is 2.01. The van der Waals surface area contributed by atoms with E-state index < -0.39 is 0 Å². The maximum atomic E-state index is 5.45. The Morgan fingerprint density at radius 1 is 1.73 bits per heavy atom. The largest absolute Gasteiger partial charge is 0.370 e. The number of allylic oxidation sites excluding steroid dienone is 2. The summed E-state index contributed by atoms with van der Waals surface area (Å²) in [4.78, 5) is 3.88. The summed E-state index contributed by atoms with van der Waals surface area (Å²) >= 11 is 0. The predicted molar refractivity (Wildman–Crippen MR) is 49.3 cm³/mol. The lowest BCUT2D eigenvalue weighted by Crippen LogP contribution is -2.31. The molecule has 0 aromatic heterocycles. The minimum Gasteiger partial charge on any atom is -0.370 e. The first-order chi connectivity index (χ1) is 5.31. The van der Waals surface area contributed by atoms with Crippen LogP contribution in [0.2, 0.25) is 0 Å². The van der Waals surface area contributed by atoms with Crippen molar-refractivity contribution in [2.75, 3.05) is 6.54 Å². The summed E-state index contributed by atoms with van der Waals surface area (Å²) in [6.07, 6.45) is 6.02. The molecule has 0 amide bonds. The van der Waals surface area contributed by atoms with E-state index in [2.05, 4.69) is 23.8 Å². The normalized spacial score (nSPS) is 11.9. The second-order valence-corrected chi connectivity index (χ2v) is 2.02. The number of rotatable bonds is 4. The van der Waals surface area contributed by atoms with Crippen LogP contribution in [-0.2, 0) is 0 Å². The second-order valence-electron chi connectivity index (χ2n) is 2.02. The van der Waals surface area contributed by atoms with E-state index >= 15 is 0 Å². The summed E-state index contributed by atoms with van der Waals surface area (Å²) in [6, 6.07) is 0. The van der Waals surface area contributed by atoms with Gasteiger partial charge in [-0.1, -0.05) is 19.6 Å². The van der Waals surface area contributed by atoms with Crippen LogP contribution >= 0.6 is 0 Å². The quantitative estimate of drug-likeness (QED) is 0.359. The summed E-state index contributed by atoms with van der Waals surface area (Å²) in [7, 11) is 0. The van der Waals surface area contributed by atoms with E-state index in [0.717, 1.165) is 13.0 Å². The van der Waals surface area contributed by atoms with Gasteiger partial charge in [0.25, 0.3) is 0 Å². The van der Waals surface area contributed by atoms with Crippen molar-refractivity contribution < 1.29 is 0 Å². The van der Waals surface area contributed by atoms with Crippen LogP contribution in [0.4, 0.5) is 0 Å². The third-order valence-corrected chi connectivity index (χ3v) is 0.992. The Morgan fingerprint density at radius 2 is 2.45 bits per heavy atom. The van der Waals surface area contributed by atoms with Gasteiger partial charge in [-0.05, 0) is 12.5 Å². The van der Waals surface area contributed by atoms with E-state index in [1.165, 1.54) is 0 Å². The number of hydrogen-bond donors (Lipinski definition) is 2. The SMILES string of the molecule is C=C/C=C\N=C(/N)NCCC. The first kappa shape index (κ1) is 9.75. The molecule has 0 aliphatic carbocycles. The Bertz CT molecular complexity index is 159. The molecular formula is C8H15N3. The lowest BCUT2D eigenvalue weighted by molar-refractivity contribution is 0.833.